The lowest BCUT2D eigenvalue weighted by molar-refractivity contribution is -0.190. The Balaban J connectivity index is 1.49. The Morgan fingerprint density at radius 3 is 2.28 bits per heavy atom. The van der Waals surface area contributed by atoms with Gasteiger partial charge < -0.3 is 20.5 Å². The molecule has 1 saturated heterocycles. The van der Waals surface area contributed by atoms with Gasteiger partial charge in [-0.25, -0.2) is 4.39 Å². The molecule has 2 aromatic carbocycles. The number of benzene rings is 2. The van der Waals surface area contributed by atoms with Gasteiger partial charge in [0, 0.05) is 60.7 Å². The van der Waals surface area contributed by atoms with Crippen molar-refractivity contribution in [3.05, 3.63) is 65.6 Å². The predicted octanol–water partition coefficient (Wildman–Crippen LogP) is 4.58. The van der Waals surface area contributed by atoms with Crippen LogP contribution in [-0.4, -0.2) is 84.5 Å². The molecule has 3 aromatic rings. The topological polar surface area (TPSA) is 120 Å². The number of carbonyl (C=O) groups is 2. The van der Waals surface area contributed by atoms with Crippen LogP contribution in [0.1, 0.15) is 37.8 Å². The van der Waals surface area contributed by atoms with Crippen LogP contribution in [0.4, 0.5) is 36.4 Å². The fourth-order valence-electron chi connectivity index (χ4n) is 6.49. The summed E-state index contributed by atoms with van der Waals surface area (Å²) in [5.74, 6) is -3.93. The zero-order chi connectivity index (χ0) is 34.7. The number of rotatable bonds is 7. The van der Waals surface area contributed by atoms with Crippen LogP contribution in [0.15, 0.2) is 48.7 Å². The number of hydrogen-bond donors (Lipinski definition) is 2. The van der Waals surface area contributed by atoms with Crippen molar-refractivity contribution in [2.24, 2.45) is 5.73 Å². The molecule has 256 valence electrons. The summed E-state index contributed by atoms with van der Waals surface area (Å²) in [4.78, 5) is 31.6. The monoisotopic (exact) mass is 691 g/mol. The number of aromatic amines is 1. The zero-order valence-corrected chi connectivity index (χ0v) is 26.1. The molecule has 1 spiro atoms. The third kappa shape index (κ3) is 6.51. The standard InChI is InChI=1S/C30H32F7N5O4S/c1-27(2,38)16-41(26(44)29(32,33)34)24(13-18-15-39-22-6-4-3-5-20(18)22)25(43)40-11-9-28(10-12-40)17-42(47(45,46)30(35,36)37)23-8-7-19(31)14-21(23)28/h3-8,14-15,24,39H,9-13,16-17,38H2,1-2H3/t24-/m1/s1. The summed E-state index contributed by atoms with van der Waals surface area (Å²) in [7, 11) is -5.86. The van der Waals surface area contributed by atoms with Crippen molar-refractivity contribution in [2.75, 3.05) is 30.5 Å². The SMILES string of the molecule is CC(C)(N)CN(C(=O)C(F)(F)F)[C@H](Cc1c[nH]c2ccccc12)C(=O)N1CCC2(CC1)CN(S(=O)(=O)C(F)(F)F)c1ccc(F)cc12. The van der Waals surface area contributed by atoms with Crippen LogP contribution >= 0.6 is 0 Å². The quantitative estimate of drug-likeness (QED) is 0.352. The highest BCUT2D eigenvalue weighted by molar-refractivity contribution is 7.93. The molecule has 2 aliphatic heterocycles. The van der Waals surface area contributed by atoms with Gasteiger partial charge in [0.2, 0.25) is 5.91 Å². The number of halogens is 7. The average Bonchev–Trinajstić information content (AvgIpc) is 3.52. The minimum Gasteiger partial charge on any atom is -0.361 e. The van der Waals surface area contributed by atoms with Crippen LogP contribution in [0.3, 0.4) is 0 Å². The molecular weight excluding hydrogens is 659 g/mol. The van der Waals surface area contributed by atoms with Crippen molar-refractivity contribution >= 4 is 38.4 Å². The summed E-state index contributed by atoms with van der Waals surface area (Å²) in [6.45, 7) is 1.05. The number of alkyl halides is 6. The van der Waals surface area contributed by atoms with Crippen molar-refractivity contribution < 1.29 is 48.7 Å². The molecule has 2 amide bonds. The van der Waals surface area contributed by atoms with Gasteiger partial charge in [0.1, 0.15) is 11.9 Å². The molecule has 0 saturated carbocycles. The molecule has 0 radical (unpaired) electrons. The first-order valence-electron chi connectivity index (χ1n) is 14.5. The van der Waals surface area contributed by atoms with Gasteiger partial charge in [-0.2, -0.15) is 34.8 Å². The second kappa shape index (κ2) is 11.7. The lowest BCUT2D eigenvalue weighted by Crippen LogP contribution is -2.61. The van der Waals surface area contributed by atoms with Crippen LogP contribution in [0, 0.1) is 5.82 Å². The number of aromatic nitrogens is 1. The second-order valence-electron chi connectivity index (χ2n) is 12.7. The predicted molar refractivity (Wildman–Crippen MR) is 158 cm³/mol. The fraction of sp³-hybridized carbons (Fsp3) is 0.467. The first kappa shape index (κ1) is 34.5. The van der Waals surface area contributed by atoms with Crippen molar-refractivity contribution in [1.29, 1.82) is 0 Å². The first-order valence-corrected chi connectivity index (χ1v) is 16.0. The third-order valence-electron chi connectivity index (χ3n) is 8.69. The molecule has 5 rings (SSSR count). The normalized spacial score (nSPS) is 17.7. The maximum atomic E-state index is 14.4. The van der Waals surface area contributed by atoms with Crippen LogP contribution in [0.5, 0.6) is 0 Å². The summed E-state index contributed by atoms with van der Waals surface area (Å²) in [6.07, 6.45) is -4.41. The van der Waals surface area contributed by atoms with E-state index in [9.17, 15) is 48.7 Å². The minimum atomic E-state index is -5.86. The van der Waals surface area contributed by atoms with E-state index in [1.165, 1.54) is 24.9 Å². The van der Waals surface area contributed by atoms with Crippen molar-refractivity contribution in [3.8, 4) is 0 Å². The van der Waals surface area contributed by atoms with Gasteiger partial charge in [-0.15, -0.1) is 0 Å². The number of H-pyrrole nitrogens is 1. The van der Waals surface area contributed by atoms with Crippen molar-refractivity contribution in [2.45, 2.75) is 61.8 Å². The number of anilines is 1. The number of piperidine rings is 1. The minimum absolute atomic E-state index is 0.0199. The molecule has 1 fully saturated rings. The van der Waals surface area contributed by atoms with E-state index in [-0.39, 0.29) is 47.9 Å². The number of para-hydroxylation sites is 1. The van der Waals surface area contributed by atoms with Gasteiger partial charge in [-0.3, -0.25) is 13.9 Å². The Kier molecular flexibility index (Phi) is 8.57. The van der Waals surface area contributed by atoms with Crippen LogP contribution < -0.4 is 10.0 Å². The number of nitrogens with zero attached hydrogens (tertiary/aromatic N) is 3. The molecule has 0 bridgehead atoms. The molecule has 47 heavy (non-hydrogen) atoms. The molecule has 1 aromatic heterocycles. The number of nitrogens with two attached hydrogens (primary N) is 1. The van der Waals surface area contributed by atoms with E-state index in [0.717, 1.165) is 18.2 Å². The van der Waals surface area contributed by atoms with E-state index in [4.69, 9.17) is 5.73 Å². The van der Waals surface area contributed by atoms with Gasteiger partial charge in [0.15, 0.2) is 0 Å². The number of carbonyl (C=O) groups excluding carboxylic acids is 2. The second-order valence-corrected chi connectivity index (χ2v) is 14.6. The number of fused-ring (bicyclic) bond motifs is 3. The Morgan fingerprint density at radius 2 is 1.68 bits per heavy atom. The maximum absolute atomic E-state index is 14.4. The summed E-state index contributed by atoms with van der Waals surface area (Å²) in [6, 6.07) is 7.94. The number of hydrogen-bond acceptors (Lipinski definition) is 5. The number of amides is 2. The molecule has 3 N–H and O–H groups in total. The summed E-state index contributed by atoms with van der Waals surface area (Å²) < 4.78 is 122. The fourth-order valence-corrected chi connectivity index (χ4v) is 7.58. The molecule has 0 unspecified atom stereocenters. The Hall–Kier alpha value is -3.86. The van der Waals surface area contributed by atoms with Crippen LogP contribution in [0.2, 0.25) is 0 Å². The smallest absolute Gasteiger partial charge is 0.361 e. The highest BCUT2D eigenvalue weighted by Crippen LogP contribution is 2.50. The van der Waals surface area contributed by atoms with Gasteiger partial charge >= 0.3 is 27.6 Å². The van der Waals surface area contributed by atoms with E-state index < -0.39 is 69.4 Å². The molecule has 1 atom stereocenters. The van der Waals surface area contributed by atoms with E-state index in [1.807, 2.05) is 0 Å². The van der Waals surface area contributed by atoms with Crippen LogP contribution in [-0.2, 0) is 31.4 Å². The van der Waals surface area contributed by atoms with E-state index in [1.54, 1.807) is 24.3 Å². The maximum Gasteiger partial charge on any atom is 0.516 e. The molecular formula is C30H32F7N5O4S. The van der Waals surface area contributed by atoms with Gasteiger partial charge in [0.05, 0.1) is 5.69 Å². The molecule has 17 heteroatoms. The van der Waals surface area contributed by atoms with Gasteiger partial charge in [-0.05, 0) is 62.1 Å². The third-order valence-corrected chi connectivity index (χ3v) is 10.2. The number of nitrogens with one attached hydrogen (secondary N) is 1. The Bertz CT molecular complexity index is 1790. The zero-order valence-electron chi connectivity index (χ0n) is 25.3. The van der Waals surface area contributed by atoms with Crippen molar-refractivity contribution in [3.63, 3.8) is 0 Å². The highest BCUT2D eigenvalue weighted by atomic mass is 32.2. The van der Waals surface area contributed by atoms with E-state index >= 15 is 0 Å². The van der Waals surface area contributed by atoms with E-state index in [0.29, 0.717) is 21.4 Å². The number of likely N-dealkylation sites (tertiary alicyclic amines) is 1. The Morgan fingerprint density at radius 1 is 1.04 bits per heavy atom. The summed E-state index contributed by atoms with van der Waals surface area (Å²) >= 11 is 0. The lowest BCUT2D eigenvalue weighted by Gasteiger charge is -2.43. The average molecular weight is 692 g/mol. The van der Waals surface area contributed by atoms with E-state index in [2.05, 4.69) is 4.98 Å². The van der Waals surface area contributed by atoms with Crippen molar-refractivity contribution in [1.82, 2.24) is 14.8 Å². The summed E-state index contributed by atoms with van der Waals surface area (Å²) in [5, 5.41) is 0.616. The Labute approximate surface area is 265 Å². The molecule has 2 aliphatic rings. The first-order chi connectivity index (χ1) is 21.6. The number of sulfonamides is 1. The lowest BCUT2D eigenvalue weighted by atomic mass is 9.74. The largest absolute Gasteiger partial charge is 0.516 e. The highest BCUT2D eigenvalue weighted by Gasteiger charge is 2.57. The molecule has 3 heterocycles. The molecule has 0 aliphatic carbocycles. The van der Waals surface area contributed by atoms with Gasteiger partial charge in [0.25, 0.3) is 0 Å². The molecule has 9 nitrogen and oxygen atoms in total. The summed E-state index contributed by atoms with van der Waals surface area (Å²) in [5.41, 5.74) is -1.47. The van der Waals surface area contributed by atoms with Crippen LogP contribution in [0.25, 0.3) is 10.9 Å². The van der Waals surface area contributed by atoms with Gasteiger partial charge in [-0.1, -0.05) is 18.2 Å².